The maximum absolute atomic E-state index is 5.57. The average molecular weight is 668 g/mol. The highest BCUT2D eigenvalue weighted by molar-refractivity contribution is 7.26. The molecule has 0 fully saturated rings. The Bertz CT molecular complexity index is 3340. The number of aromatic nitrogens is 3. The molecular weight excluding hydrogens is 639 g/mol. The van der Waals surface area contributed by atoms with Crippen molar-refractivity contribution >= 4 is 96.5 Å². The second kappa shape index (κ2) is 9.57. The Morgan fingerprint density at radius 1 is 0.471 bits per heavy atom. The summed E-state index contributed by atoms with van der Waals surface area (Å²) < 4.78 is 4.87. The minimum atomic E-state index is -0.132. The molecule has 0 spiro atoms. The van der Waals surface area contributed by atoms with Gasteiger partial charge in [0.2, 0.25) is 5.95 Å². The van der Waals surface area contributed by atoms with Crippen LogP contribution in [-0.2, 0) is 5.41 Å². The zero-order valence-corrected chi connectivity index (χ0v) is 28.8. The first kappa shape index (κ1) is 27.7. The van der Waals surface area contributed by atoms with Gasteiger partial charge in [-0.05, 0) is 67.7 Å². The normalized spacial score (nSPS) is 13.8. The van der Waals surface area contributed by atoms with Crippen LogP contribution in [0.25, 0.3) is 102 Å². The molecule has 3 aromatic heterocycles. The molecular formula is C47H29N3S. The smallest absolute Gasteiger partial charge is 0.235 e. The number of para-hydroxylation sites is 1. The molecule has 0 unspecified atom stereocenters. The van der Waals surface area contributed by atoms with Crippen LogP contribution in [0.15, 0.2) is 140 Å². The third kappa shape index (κ3) is 3.43. The van der Waals surface area contributed by atoms with Crippen molar-refractivity contribution < 1.29 is 0 Å². The molecule has 0 radical (unpaired) electrons. The van der Waals surface area contributed by atoms with Crippen LogP contribution < -0.4 is 0 Å². The Morgan fingerprint density at radius 2 is 1.10 bits per heavy atom. The number of rotatable bonds is 2. The second-order valence-corrected chi connectivity index (χ2v) is 15.5. The number of fused-ring (bicyclic) bond motifs is 7. The largest absolute Gasteiger partial charge is 0.278 e. The Balaban J connectivity index is 1.28. The van der Waals surface area contributed by atoms with Crippen LogP contribution >= 0.6 is 11.3 Å². The monoisotopic (exact) mass is 667 g/mol. The van der Waals surface area contributed by atoms with Gasteiger partial charge in [-0.2, -0.15) is 0 Å². The number of hydrogen-bond donors (Lipinski definition) is 0. The summed E-state index contributed by atoms with van der Waals surface area (Å²) in [4.78, 5) is 10.9. The van der Waals surface area contributed by atoms with E-state index in [1.165, 1.54) is 74.4 Å². The number of nitrogens with zero attached hydrogens (tertiary/aromatic N) is 3. The average Bonchev–Trinajstić information content (AvgIpc) is 3.79. The van der Waals surface area contributed by atoms with Crippen LogP contribution in [0.1, 0.15) is 25.0 Å². The van der Waals surface area contributed by atoms with Crippen molar-refractivity contribution in [1.82, 2.24) is 14.5 Å². The lowest BCUT2D eigenvalue weighted by Crippen LogP contribution is -2.15. The van der Waals surface area contributed by atoms with E-state index in [0.29, 0.717) is 5.95 Å². The SMILES string of the molecule is CC1(C)c2cccc3c4ccccc4c4cccc5c4c4c(c1ccc4n5-c1nc(-c4cccc5c4sc4ccccc45)c4ccccc4n1)c23. The molecule has 0 saturated carbocycles. The van der Waals surface area contributed by atoms with E-state index >= 15 is 0 Å². The molecule has 0 aliphatic heterocycles. The van der Waals surface area contributed by atoms with E-state index in [2.05, 4.69) is 158 Å². The quantitative estimate of drug-likeness (QED) is 0.184. The molecule has 0 N–H and O–H groups in total. The fourth-order valence-corrected chi connectivity index (χ4v) is 10.6. The molecule has 0 saturated heterocycles. The minimum absolute atomic E-state index is 0.132. The molecule has 8 aromatic carbocycles. The van der Waals surface area contributed by atoms with Crippen LogP contribution in [0.4, 0.5) is 0 Å². The molecule has 3 nitrogen and oxygen atoms in total. The first-order valence-electron chi connectivity index (χ1n) is 17.6. The Morgan fingerprint density at radius 3 is 1.94 bits per heavy atom. The molecule has 0 atom stereocenters. The molecule has 11 aromatic rings. The summed E-state index contributed by atoms with van der Waals surface area (Å²) in [6, 6.07) is 51.1. The molecule has 1 aliphatic rings. The van der Waals surface area contributed by atoms with E-state index in [1.54, 1.807) is 0 Å². The van der Waals surface area contributed by atoms with Gasteiger partial charge < -0.3 is 0 Å². The van der Waals surface area contributed by atoms with Crippen molar-refractivity contribution in [2.75, 3.05) is 0 Å². The number of benzene rings is 7. The minimum Gasteiger partial charge on any atom is -0.278 e. The summed E-state index contributed by atoms with van der Waals surface area (Å²) in [5.41, 5.74) is 7.93. The van der Waals surface area contributed by atoms with Crippen molar-refractivity contribution in [3.63, 3.8) is 0 Å². The topological polar surface area (TPSA) is 30.7 Å². The summed E-state index contributed by atoms with van der Waals surface area (Å²) >= 11 is 1.84. The summed E-state index contributed by atoms with van der Waals surface area (Å²) in [6.07, 6.45) is 0. The summed E-state index contributed by atoms with van der Waals surface area (Å²) in [5.74, 6) is 0.692. The highest BCUT2D eigenvalue weighted by Crippen LogP contribution is 2.53. The van der Waals surface area contributed by atoms with Gasteiger partial charge in [0.25, 0.3) is 0 Å². The van der Waals surface area contributed by atoms with Gasteiger partial charge in [0.05, 0.1) is 22.2 Å². The van der Waals surface area contributed by atoms with Crippen LogP contribution in [0, 0.1) is 0 Å². The second-order valence-electron chi connectivity index (χ2n) is 14.5. The van der Waals surface area contributed by atoms with E-state index in [9.17, 15) is 0 Å². The Labute approximate surface area is 297 Å². The lowest BCUT2D eigenvalue weighted by molar-refractivity contribution is 0.663. The first-order valence-corrected chi connectivity index (χ1v) is 18.4. The summed E-state index contributed by atoms with van der Waals surface area (Å²) in [5, 5.41) is 14.0. The highest BCUT2D eigenvalue weighted by Gasteiger charge is 2.35. The maximum atomic E-state index is 5.57. The standard InChI is InChI=1S/C47H29N3S/c1-47(2)34-20-10-16-29-26-12-3-4-13-27(26)30-17-11-22-37-41(30)43-38(25-24-35(47)42(43)40(29)34)50(37)46-48-36-21-7-5-15-32(36)44(49-46)33-19-9-18-31-28-14-6-8-23-39(28)51-45(31)33/h3-25H,1-2H3. The molecule has 0 amide bonds. The number of hydrogen-bond acceptors (Lipinski definition) is 3. The maximum Gasteiger partial charge on any atom is 0.235 e. The van der Waals surface area contributed by atoms with E-state index in [-0.39, 0.29) is 5.41 Å². The predicted octanol–water partition coefficient (Wildman–Crippen LogP) is 12.9. The lowest BCUT2D eigenvalue weighted by Gasteiger charge is -2.22. The molecule has 238 valence electrons. The van der Waals surface area contributed by atoms with Gasteiger partial charge in [0, 0.05) is 47.3 Å². The fraction of sp³-hybridized carbons (Fsp3) is 0.0638. The molecule has 4 heteroatoms. The Kier molecular flexibility index (Phi) is 5.19. The molecule has 12 rings (SSSR count). The van der Waals surface area contributed by atoms with E-state index in [4.69, 9.17) is 9.97 Å². The van der Waals surface area contributed by atoms with Gasteiger partial charge in [-0.3, -0.25) is 4.57 Å². The highest BCUT2D eigenvalue weighted by atomic mass is 32.1. The fourth-order valence-electron chi connectivity index (χ4n) is 9.34. The van der Waals surface area contributed by atoms with Gasteiger partial charge in [-0.15, -0.1) is 11.3 Å². The van der Waals surface area contributed by atoms with Gasteiger partial charge in [-0.1, -0.05) is 129 Å². The molecule has 1 aliphatic carbocycles. The molecule has 3 heterocycles. The zero-order chi connectivity index (χ0) is 33.6. The summed E-state index contributed by atoms with van der Waals surface area (Å²) in [7, 11) is 0. The zero-order valence-electron chi connectivity index (χ0n) is 28.0. The van der Waals surface area contributed by atoms with Crippen molar-refractivity contribution in [2.24, 2.45) is 0 Å². The predicted molar refractivity (Wildman–Crippen MR) is 217 cm³/mol. The third-order valence-corrected chi connectivity index (χ3v) is 12.8. The molecule has 51 heavy (non-hydrogen) atoms. The lowest BCUT2D eigenvalue weighted by atomic mass is 9.81. The van der Waals surface area contributed by atoms with Crippen LogP contribution in [0.2, 0.25) is 0 Å². The van der Waals surface area contributed by atoms with Crippen molar-refractivity contribution in [1.29, 1.82) is 0 Å². The van der Waals surface area contributed by atoms with E-state index < -0.39 is 0 Å². The van der Waals surface area contributed by atoms with Crippen LogP contribution in [0.3, 0.4) is 0 Å². The van der Waals surface area contributed by atoms with Crippen molar-refractivity contribution in [3.05, 3.63) is 151 Å². The Hall–Kier alpha value is -6.10. The van der Waals surface area contributed by atoms with E-state index in [0.717, 1.165) is 33.2 Å². The van der Waals surface area contributed by atoms with Crippen LogP contribution in [-0.4, -0.2) is 14.5 Å². The van der Waals surface area contributed by atoms with Crippen molar-refractivity contribution in [2.45, 2.75) is 19.3 Å². The first-order chi connectivity index (χ1) is 25.1. The third-order valence-electron chi connectivity index (χ3n) is 11.6. The van der Waals surface area contributed by atoms with Crippen LogP contribution in [0.5, 0.6) is 0 Å². The van der Waals surface area contributed by atoms with Gasteiger partial charge in [0.15, 0.2) is 0 Å². The van der Waals surface area contributed by atoms with Crippen molar-refractivity contribution in [3.8, 4) is 17.2 Å². The van der Waals surface area contributed by atoms with Gasteiger partial charge in [0.1, 0.15) is 0 Å². The number of thiophene rings is 1. The summed E-state index contributed by atoms with van der Waals surface area (Å²) in [6.45, 7) is 4.76. The van der Waals surface area contributed by atoms with Gasteiger partial charge >= 0.3 is 0 Å². The molecule has 0 bridgehead atoms. The van der Waals surface area contributed by atoms with Gasteiger partial charge in [-0.25, -0.2) is 9.97 Å². The van der Waals surface area contributed by atoms with E-state index in [1.807, 2.05) is 11.3 Å².